The summed E-state index contributed by atoms with van der Waals surface area (Å²) in [5.74, 6) is -0.381. The van der Waals surface area contributed by atoms with Gasteiger partial charge in [0.2, 0.25) is 5.78 Å². The average Bonchev–Trinajstić information content (AvgIpc) is 3.38. The van der Waals surface area contributed by atoms with Gasteiger partial charge < -0.3 is 14.8 Å². The van der Waals surface area contributed by atoms with Crippen molar-refractivity contribution in [2.75, 3.05) is 11.9 Å². The quantitative estimate of drug-likeness (QED) is 0.374. The summed E-state index contributed by atoms with van der Waals surface area (Å²) >= 11 is 0. The average molecular weight is 488 g/mol. The SMILES string of the molecule is Cc1cccc(Cc2coc(C(=O)c3cncnc3N[C@@H]3C[C@H](COS(N)(=O)=O)[C@@H](O)C3)c2)n1. The molecule has 1 saturated carbocycles. The predicted octanol–water partition coefficient (Wildman–Crippen LogP) is 1.37. The zero-order valence-corrected chi connectivity index (χ0v) is 19.2. The minimum atomic E-state index is -4.09. The first-order valence-corrected chi connectivity index (χ1v) is 12.1. The molecule has 3 aromatic heterocycles. The molecule has 3 aromatic rings. The first kappa shape index (κ1) is 24.0. The zero-order chi connectivity index (χ0) is 24.3. The number of nitrogens with one attached hydrogen (secondary N) is 1. The summed E-state index contributed by atoms with van der Waals surface area (Å²) in [4.78, 5) is 25.7. The van der Waals surface area contributed by atoms with Crippen molar-refractivity contribution in [1.29, 1.82) is 0 Å². The van der Waals surface area contributed by atoms with Crippen molar-refractivity contribution in [2.45, 2.75) is 38.3 Å². The minimum Gasteiger partial charge on any atom is -0.461 e. The van der Waals surface area contributed by atoms with Gasteiger partial charge in [-0.15, -0.1) is 0 Å². The van der Waals surface area contributed by atoms with Gasteiger partial charge in [-0.05, 0) is 43.5 Å². The van der Waals surface area contributed by atoms with Crippen molar-refractivity contribution in [3.8, 4) is 0 Å². The molecule has 1 aliphatic carbocycles. The summed E-state index contributed by atoms with van der Waals surface area (Å²) in [5.41, 5.74) is 2.80. The molecular weight excluding hydrogens is 462 g/mol. The van der Waals surface area contributed by atoms with Gasteiger partial charge in [0.1, 0.15) is 12.1 Å². The van der Waals surface area contributed by atoms with Crippen LogP contribution in [-0.4, -0.2) is 53.0 Å². The number of hydrogen-bond acceptors (Lipinski definition) is 10. The Hall–Kier alpha value is -3.19. The lowest BCUT2D eigenvalue weighted by molar-refractivity contribution is 0.100. The number of carbonyl (C=O) groups excluding carboxylic acids is 1. The van der Waals surface area contributed by atoms with E-state index in [4.69, 9.17) is 9.56 Å². The van der Waals surface area contributed by atoms with Crippen LogP contribution in [0.15, 0.2) is 47.5 Å². The van der Waals surface area contributed by atoms with E-state index in [1.807, 2.05) is 25.1 Å². The number of ketones is 1. The molecule has 0 unspecified atom stereocenters. The predicted molar refractivity (Wildman–Crippen MR) is 121 cm³/mol. The van der Waals surface area contributed by atoms with E-state index in [0.29, 0.717) is 25.1 Å². The van der Waals surface area contributed by atoms with Crippen molar-refractivity contribution in [3.05, 3.63) is 71.3 Å². The fourth-order valence-corrected chi connectivity index (χ4v) is 4.38. The molecule has 180 valence electrons. The summed E-state index contributed by atoms with van der Waals surface area (Å²) in [6, 6.07) is 7.16. The summed E-state index contributed by atoms with van der Waals surface area (Å²) in [6.07, 6.45) is 4.70. The highest BCUT2D eigenvalue weighted by atomic mass is 32.2. The minimum absolute atomic E-state index is 0.145. The maximum absolute atomic E-state index is 13.1. The lowest BCUT2D eigenvalue weighted by Crippen LogP contribution is -2.24. The summed E-state index contributed by atoms with van der Waals surface area (Å²) in [7, 11) is -4.09. The standard InChI is InChI=1S/C22H25N5O6S/c1-13-3-2-4-16(26-13)5-14-6-20(32-10-14)21(29)18-9-24-12-25-22(18)27-17-7-15(19(28)8-17)11-33-34(23,30)31/h2-4,6,9-10,12,15,17,19,28H,5,7-8,11H2,1H3,(H2,23,30,31)(H,24,25,27)/t15-,17-,19+/m1/s1. The maximum atomic E-state index is 13.1. The van der Waals surface area contributed by atoms with Crippen LogP contribution < -0.4 is 10.5 Å². The van der Waals surface area contributed by atoms with Crippen LogP contribution in [0.4, 0.5) is 5.82 Å². The van der Waals surface area contributed by atoms with Crippen LogP contribution in [-0.2, 0) is 20.9 Å². The number of aromatic nitrogens is 3. The molecular formula is C22H25N5O6S. The van der Waals surface area contributed by atoms with Gasteiger partial charge >= 0.3 is 10.3 Å². The van der Waals surface area contributed by atoms with Crippen LogP contribution in [0.1, 0.15) is 45.9 Å². The largest absolute Gasteiger partial charge is 0.461 e. The van der Waals surface area contributed by atoms with Gasteiger partial charge in [0.15, 0.2) is 5.76 Å². The number of nitrogens with two attached hydrogens (primary N) is 1. The van der Waals surface area contributed by atoms with Crippen molar-refractivity contribution >= 4 is 21.9 Å². The van der Waals surface area contributed by atoms with Crippen LogP contribution >= 0.6 is 0 Å². The normalized spacial score (nSPS) is 20.4. The topological polar surface area (TPSA) is 171 Å². The second kappa shape index (κ2) is 9.97. The fourth-order valence-electron chi connectivity index (χ4n) is 4.01. The maximum Gasteiger partial charge on any atom is 0.333 e. The molecule has 3 heterocycles. The Bertz CT molecular complexity index is 1280. The van der Waals surface area contributed by atoms with E-state index < -0.39 is 22.3 Å². The Morgan fingerprint density at radius 3 is 2.94 bits per heavy atom. The molecule has 0 bridgehead atoms. The number of aryl methyl sites for hydroxylation is 1. The van der Waals surface area contributed by atoms with E-state index in [2.05, 4.69) is 24.5 Å². The van der Waals surface area contributed by atoms with Crippen LogP contribution in [0.5, 0.6) is 0 Å². The smallest absolute Gasteiger partial charge is 0.333 e. The first-order valence-electron chi connectivity index (χ1n) is 10.6. The molecule has 0 radical (unpaired) electrons. The third-order valence-corrected chi connectivity index (χ3v) is 6.07. The molecule has 0 amide bonds. The molecule has 12 heteroatoms. The van der Waals surface area contributed by atoms with Crippen molar-refractivity contribution in [3.63, 3.8) is 0 Å². The Labute approximate surface area is 196 Å². The van der Waals surface area contributed by atoms with Crippen molar-refractivity contribution < 1.29 is 26.9 Å². The summed E-state index contributed by atoms with van der Waals surface area (Å²) in [5, 5.41) is 18.3. The number of aliphatic hydroxyl groups is 1. The second-order valence-electron chi connectivity index (χ2n) is 8.30. The number of nitrogens with zero attached hydrogens (tertiary/aromatic N) is 3. The van der Waals surface area contributed by atoms with Gasteiger partial charge in [0.25, 0.3) is 0 Å². The molecule has 0 saturated heterocycles. The Morgan fingerprint density at radius 1 is 1.35 bits per heavy atom. The Balaban J connectivity index is 1.44. The zero-order valence-electron chi connectivity index (χ0n) is 18.4. The van der Waals surface area contributed by atoms with Gasteiger partial charge in [-0.25, -0.2) is 15.1 Å². The van der Waals surface area contributed by atoms with Crippen LogP contribution in [0.2, 0.25) is 0 Å². The van der Waals surface area contributed by atoms with Gasteiger partial charge in [-0.3, -0.25) is 14.0 Å². The summed E-state index contributed by atoms with van der Waals surface area (Å²) in [6.45, 7) is 1.69. The van der Waals surface area contributed by atoms with E-state index >= 15 is 0 Å². The number of carbonyl (C=O) groups is 1. The van der Waals surface area contributed by atoms with Crippen LogP contribution in [0.3, 0.4) is 0 Å². The van der Waals surface area contributed by atoms with Crippen molar-refractivity contribution in [2.24, 2.45) is 11.1 Å². The summed E-state index contributed by atoms with van der Waals surface area (Å²) < 4.78 is 32.2. The number of furan rings is 1. The van der Waals surface area contributed by atoms with Gasteiger partial charge in [-0.1, -0.05) is 6.07 Å². The fraction of sp³-hybridized carbons (Fsp3) is 0.364. The highest BCUT2D eigenvalue weighted by molar-refractivity contribution is 7.84. The third kappa shape index (κ3) is 6.03. The van der Waals surface area contributed by atoms with Crippen molar-refractivity contribution in [1.82, 2.24) is 15.0 Å². The molecule has 3 atom stereocenters. The highest BCUT2D eigenvalue weighted by Gasteiger charge is 2.35. The Morgan fingerprint density at radius 2 is 2.18 bits per heavy atom. The molecule has 0 aliphatic heterocycles. The number of hydrogen-bond donors (Lipinski definition) is 3. The van der Waals surface area contributed by atoms with E-state index in [9.17, 15) is 18.3 Å². The molecule has 1 aliphatic rings. The van der Waals surface area contributed by atoms with E-state index in [-0.39, 0.29) is 29.8 Å². The lowest BCUT2D eigenvalue weighted by Gasteiger charge is -2.15. The van der Waals surface area contributed by atoms with E-state index in [1.54, 1.807) is 6.07 Å². The first-order chi connectivity index (χ1) is 16.2. The lowest BCUT2D eigenvalue weighted by atomic mass is 10.1. The van der Waals surface area contributed by atoms with Gasteiger partial charge in [0.05, 0.1) is 24.5 Å². The van der Waals surface area contributed by atoms with E-state index in [1.165, 1.54) is 18.8 Å². The molecule has 1 fully saturated rings. The molecule has 4 N–H and O–H groups in total. The van der Waals surface area contributed by atoms with Crippen LogP contribution in [0, 0.1) is 12.8 Å². The monoisotopic (exact) mass is 487 g/mol. The number of rotatable bonds is 9. The second-order valence-corrected chi connectivity index (χ2v) is 9.52. The molecule has 0 aromatic carbocycles. The van der Waals surface area contributed by atoms with Gasteiger partial charge in [-0.2, -0.15) is 8.42 Å². The molecule has 4 rings (SSSR count). The molecule has 34 heavy (non-hydrogen) atoms. The number of aliphatic hydroxyl groups excluding tert-OH is 1. The Kier molecular flexibility index (Phi) is 7.03. The third-order valence-electron chi connectivity index (χ3n) is 5.61. The van der Waals surface area contributed by atoms with Crippen LogP contribution in [0.25, 0.3) is 0 Å². The van der Waals surface area contributed by atoms with E-state index in [0.717, 1.165) is 17.0 Å². The number of anilines is 1. The highest BCUT2D eigenvalue weighted by Crippen LogP contribution is 2.30. The number of pyridine rings is 1. The van der Waals surface area contributed by atoms with Gasteiger partial charge in [0, 0.05) is 36.0 Å². The molecule has 0 spiro atoms. The molecule has 11 nitrogen and oxygen atoms in total.